The van der Waals surface area contributed by atoms with Gasteiger partial charge in [0.05, 0.1) is 23.3 Å². The molecule has 0 radical (unpaired) electrons. The van der Waals surface area contributed by atoms with E-state index in [2.05, 4.69) is 13.8 Å². The molecule has 0 saturated carbocycles. The van der Waals surface area contributed by atoms with Crippen molar-refractivity contribution in [2.24, 2.45) is 0 Å². The molecule has 0 fully saturated rings. The van der Waals surface area contributed by atoms with Gasteiger partial charge in [-0.2, -0.15) is 0 Å². The number of ether oxygens (including phenoxy) is 2. The largest absolute Gasteiger partial charge is 0.494 e. The molecular formula is C33H37NO5. The van der Waals surface area contributed by atoms with E-state index in [1.54, 1.807) is 18.2 Å². The first-order valence-corrected chi connectivity index (χ1v) is 14.1. The van der Waals surface area contributed by atoms with E-state index in [1.165, 1.54) is 36.3 Å². The molecule has 6 heteroatoms. The van der Waals surface area contributed by atoms with Crippen molar-refractivity contribution in [1.29, 1.82) is 0 Å². The second kappa shape index (κ2) is 13.7. The number of fused-ring (bicyclic) bond motifs is 1. The Labute approximate surface area is 230 Å². The maximum atomic E-state index is 12.8. The van der Waals surface area contributed by atoms with Gasteiger partial charge in [-0.05, 0) is 66.4 Å². The molecule has 0 aromatic heterocycles. The lowest BCUT2D eigenvalue weighted by atomic mass is 10.1. The Hall–Kier alpha value is -3.93. The molecular weight excluding hydrogens is 490 g/mol. The number of carbonyl (C=O) groups excluding carboxylic acids is 3. The van der Waals surface area contributed by atoms with Crippen molar-refractivity contribution >= 4 is 17.8 Å². The third-order valence-corrected chi connectivity index (χ3v) is 6.96. The molecule has 2 amide bonds. The van der Waals surface area contributed by atoms with Crippen LogP contribution in [0.1, 0.15) is 96.3 Å². The Balaban J connectivity index is 1.34. The number of carbonyl (C=O) groups is 3. The van der Waals surface area contributed by atoms with Gasteiger partial charge in [-0.25, -0.2) is 4.79 Å². The van der Waals surface area contributed by atoms with E-state index in [1.807, 2.05) is 36.4 Å². The van der Waals surface area contributed by atoms with Crippen LogP contribution < -0.4 is 9.47 Å². The van der Waals surface area contributed by atoms with Gasteiger partial charge >= 0.3 is 5.97 Å². The summed E-state index contributed by atoms with van der Waals surface area (Å²) in [6.07, 6.45) is 8.60. The lowest BCUT2D eigenvalue weighted by Gasteiger charge is -2.13. The molecule has 3 aromatic carbocycles. The molecule has 4 rings (SSSR count). The zero-order valence-electron chi connectivity index (χ0n) is 22.9. The van der Waals surface area contributed by atoms with E-state index in [9.17, 15) is 14.4 Å². The van der Waals surface area contributed by atoms with E-state index in [-0.39, 0.29) is 22.9 Å². The van der Waals surface area contributed by atoms with Crippen molar-refractivity contribution in [2.45, 2.75) is 65.2 Å². The Morgan fingerprint density at radius 2 is 1.26 bits per heavy atom. The van der Waals surface area contributed by atoms with E-state index in [0.29, 0.717) is 17.9 Å². The topological polar surface area (TPSA) is 72.9 Å². The summed E-state index contributed by atoms with van der Waals surface area (Å²) in [5.74, 6) is 0.0331. The SMILES string of the molecule is CCCCCCOc1ccc(-c2ccc(OC(=O)c3ccc4c(c3)C(=O)N(CCCCCC)C4=O)cc2)cc1. The number of nitrogens with zero attached hydrogens (tertiary/aromatic N) is 1. The van der Waals surface area contributed by atoms with Crippen LogP contribution in [0, 0.1) is 0 Å². The predicted molar refractivity (Wildman–Crippen MR) is 152 cm³/mol. The molecule has 39 heavy (non-hydrogen) atoms. The first kappa shape index (κ1) is 28.1. The third kappa shape index (κ3) is 7.14. The van der Waals surface area contributed by atoms with Gasteiger partial charge in [0.15, 0.2) is 0 Å². The molecule has 6 nitrogen and oxygen atoms in total. The van der Waals surface area contributed by atoms with Crippen molar-refractivity contribution in [3.8, 4) is 22.6 Å². The van der Waals surface area contributed by atoms with Crippen LogP contribution >= 0.6 is 0 Å². The zero-order chi connectivity index (χ0) is 27.6. The summed E-state index contributed by atoms with van der Waals surface area (Å²) in [4.78, 5) is 39.6. The minimum atomic E-state index is -0.576. The number of esters is 1. The average Bonchev–Trinajstić information content (AvgIpc) is 3.20. The number of rotatable bonds is 14. The Morgan fingerprint density at radius 1 is 0.667 bits per heavy atom. The van der Waals surface area contributed by atoms with Crippen LogP contribution in [-0.2, 0) is 0 Å². The molecule has 1 aliphatic heterocycles. The monoisotopic (exact) mass is 527 g/mol. The fraction of sp³-hybridized carbons (Fsp3) is 0.364. The molecule has 0 unspecified atom stereocenters. The highest BCUT2D eigenvalue weighted by Gasteiger charge is 2.35. The molecule has 1 aliphatic rings. The normalized spacial score (nSPS) is 12.5. The van der Waals surface area contributed by atoms with E-state index in [4.69, 9.17) is 9.47 Å². The highest BCUT2D eigenvalue weighted by Crippen LogP contribution is 2.27. The quantitative estimate of drug-likeness (QED) is 0.0929. The van der Waals surface area contributed by atoms with Crippen molar-refractivity contribution in [3.63, 3.8) is 0 Å². The number of imide groups is 1. The summed E-state index contributed by atoms with van der Waals surface area (Å²) >= 11 is 0. The highest BCUT2D eigenvalue weighted by molar-refractivity contribution is 6.22. The summed E-state index contributed by atoms with van der Waals surface area (Å²) in [5.41, 5.74) is 2.85. The van der Waals surface area contributed by atoms with Crippen LogP contribution in [0.3, 0.4) is 0 Å². The molecule has 0 aliphatic carbocycles. The van der Waals surface area contributed by atoms with Gasteiger partial charge in [-0.15, -0.1) is 0 Å². The predicted octanol–water partition coefficient (Wildman–Crippen LogP) is 7.71. The zero-order valence-corrected chi connectivity index (χ0v) is 22.9. The van der Waals surface area contributed by atoms with Crippen LogP contribution in [-0.4, -0.2) is 35.8 Å². The number of hydrogen-bond acceptors (Lipinski definition) is 5. The molecule has 0 spiro atoms. The minimum absolute atomic E-state index is 0.233. The van der Waals surface area contributed by atoms with E-state index < -0.39 is 5.97 Å². The van der Waals surface area contributed by atoms with E-state index in [0.717, 1.165) is 55.6 Å². The second-order valence-corrected chi connectivity index (χ2v) is 9.93. The first-order valence-electron chi connectivity index (χ1n) is 14.1. The van der Waals surface area contributed by atoms with Crippen LogP contribution in [0.25, 0.3) is 11.1 Å². The van der Waals surface area contributed by atoms with Gasteiger partial charge in [-0.3, -0.25) is 14.5 Å². The van der Waals surface area contributed by atoms with Crippen LogP contribution in [0.15, 0.2) is 66.7 Å². The summed E-state index contributed by atoms with van der Waals surface area (Å²) in [6, 6.07) is 19.8. The van der Waals surface area contributed by atoms with Crippen LogP contribution in [0.2, 0.25) is 0 Å². The lowest BCUT2D eigenvalue weighted by Crippen LogP contribution is -2.30. The number of hydrogen-bond donors (Lipinski definition) is 0. The minimum Gasteiger partial charge on any atom is -0.494 e. The number of unbranched alkanes of at least 4 members (excludes halogenated alkanes) is 6. The lowest BCUT2D eigenvalue weighted by molar-refractivity contribution is 0.0650. The fourth-order valence-corrected chi connectivity index (χ4v) is 4.66. The van der Waals surface area contributed by atoms with Gasteiger partial charge < -0.3 is 9.47 Å². The Bertz CT molecular complexity index is 1280. The maximum Gasteiger partial charge on any atom is 0.343 e. The maximum absolute atomic E-state index is 12.8. The van der Waals surface area contributed by atoms with Crippen molar-refractivity contribution in [3.05, 3.63) is 83.4 Å². The summed E-state index contributed by atoms with van der Waals surface area (Å²) in [5, 5.41) is 0. The van der Waals surface area contributed by atoms with E-state index >= 15 is 0 Å². The van der Waals surface area contributed by atoms with Crippen molar-refractivity contribution < 1.29 is 23.9 Å². The Kier molecular flexibility index (Phi) is 9.90. The Morgan fingerprint density at radius 3 is 1.90 bits per heavy atom. The van der Waals surface area contributed by atoms with Gasteiger partial charge in [0, 0.05) is 6.54 Å². The molecule has 0 atom stereocenters. The first-order chi connectivity index (χ1) is 19.0. The number of amides is 2. The van der Waals surface area contributed by atoms with Crippen LogP contribution in [0.4, 0.5) is 0 Å². The molecule has 0 bridgehead atoms. The summed E-state index contributed by atoms with van der Waals surface area (Å²) in [7, 11) is 0. The highest BCUT2D eigenvalue weighted by atomic mass is 16.5. The number of benzene rings is 3. The fourth-order valence-electron chi connectivity index (χ4n) is 4.66. The van der Waals surface area contributed by atoms with Gasteiger partial charge in [0.2, 0.25) is 0 Å². The molecule has 204 valence electrons. The smallest absolute Gasteiger partial charge is 0.343 e. The average molecular weight is 528 g/mol. The molecule has 0 saturated heterocycles. The third-order valence-electron chi connectivity index (χ3n) is 6.96. The molecule has 0 N–H and O–H groups in total. The van der Waals surface area contributed by atoms with Gasteiger partial charge in [0.1, 0.15) is 11.5 Å². The molecule has 1 heterocycles. The van der Waals surface area contributed by atoms with Gasteiger partial charge in [-0.1, -0.05) is 76.6 Å². The summed E-state index contributed by atoms with van der Waals surface area (Å²) in [6.45, 7) is 5.43. The van der Waals surface area contributed by atoms with Crippen molar-refractivity contribution in [1.82, 2.24) is 4.90 Å². The second-order valence-electron chi connectivity index (χ2n) is 9.93. The van der Waals surface area contributed by atoms with Crippen LogP contribution in [0.5, 0.6) is 11.5 Å². The van der Waals surface area contributed by atoms with Crippen molar-refractivity contribution in [2.75, 3.05) is 13.2 Å². The summed E-state index contributed by atoms with van der Waals surface area (Å²) < 4.78 is 11.4. The molecule has 3 aromatic rings. The standard InChI is InChI=1S/C33H37NO5/c1-3-5-7-9-21-34-31(35)29-20-15-26(23-30(29)32(34)36)33(37)39-28-18-13-25(14-19-28)24-11-16-27(17-12-24)38-22-10-8-6-4-2/h11-20,23H,3-10,21-22H2,1-2H3. The van der Waals surface area contributed by atoms with Gasteiger partial charge in [0.25, 0.3) is 11.8 Å².